The van der Waals surface area contributed by atoms with Gasteiger partial charge >= 0.3 is 0 Å². The number of piperazine rings is 1. The molecule has 6 heteroatoms. The van der Waals surface area contributed by atoms with E-state index in [0.29, 0.717) is 11.2 Å². The molecule has 0 spiro atoms. The van der Waals surface area contributed by atoms with Crippen molar-refractivity contribution in [3.05, 3.63) is 5.01 Å². The standard InChI is InChI=1S/C12H21N5S/c1-9-6-16-5-3-2-4-10(16)7-17(9)8-11-14-15-12(13)18-11/h9-10H,2-8H2,1H3,(H2,13,15). The van der Waals surface area contributed by atoms with E-state index in [1.54, 1.807) is 0 Å². The normalized spacial score (nSPS) is 30.3. The molecule has 2 aliphatic heterocycles. The van der Waals surface area contributed by atoms with E-state index in [-0.39, 0.29) is 0 Å². The zero-order valence-corrected chi connectivity index (χ0v) is 11.7. The molecule has 2 aliphatic rings. The molecule has 0 saturated carbocycles. The molecule has 1 aromatic rings. The summed E-state index contributed by atoms with van der Waals surface area (Å²) in [6.45, 7) is 6.86. The predicted octanol–water partition coefficient (Wildman–Crippen LogP) is 1.18. The first-order chi connectivity index (χ1) is 8.72. The number of aromatic nitrogens is 2. The van der Waals surface area contributed by atoms with Crippen molar-refractivity contribution in [1.82, 2.24) is 20.0 Å². The molecule has 0 amide bonds. The summed E-state index contributed by atoms with van der Waals surface area (Å²) >= 11 is 1.51. The zero-order valence-electron chi connectivity index (χ0n) is 10.9. The third-order valence-electron chi connectivity index (χ3n) is 4.14. The van der Waals surface area contributed by atoms with E-state index < -0.39 is 0 Å². The molecule has 2 unspecified atom stereocenters. The SMILES string of the molecule is CC1CN2CCCCC2CN1Cc1nnc(N)s1. The average molecular weight is 267 g/mol. The molecule has 3 heterocycles. The highest BCUT2D eigenvalue weighted by atomic mass is 32.1. The molecule has 0 radical (unpaired) electrons. The fraction of sp³-hybridized carbons (Fsp3) is 0.833. The Morgan fingerprint density at radius 1 is 1.33 bits per heavy atom. The van der Waals surface area contributed by atoms with E-state index in [2.05, 4.69) is 26.9 Å². The van der Waals surface area contributed by atoms with E-state index in [0.717, 1.165) is 17.6 Å². The first-order valence-electron chi connectivity index (χ1n) is 6.78. The molecular formula is C12H21N5S. The van der Waals surface area contributed by atoms with E-state index >= 15 is 0 Å². The van der Waals surface area contributed by atoms with Gasteiger partial charge in [0.2, 0.25) is 5.13 Å². The summed E-state index contributed by atoms with van der Waals surface area (Å²) in [7, 11) is 0. The van der Waals surface area contributed by atoms with Crippen LogP contribution in [0.25, 0.3) is 0 Å². The molecule has 100 valence electrons. The lowest BCUT2D eigenvalue weighted by molar-refractivity contribution is 0.0110. The quantitative estimate of drug-likeness (QED) is 0.872. The average Bonchev–Trinajstić information content (AvgIpc) is 2.76. The minimum atomic E-state index is 0.578. The van der Waals surface area contributed by atoms with Gasteiger partial charge in [0.05, 0.1) is 6.54 Å². The molecule has 0 aliphatic carbocycles. The molecule has 5 nitrogen and oxygen atoms in total. The monoisotopic (exact) mass is 267 g/mol. The highest BCUT2D eigenvalue weighted by Crippen LogP contribution is 2.25. The number of hydrogen-bond acceptors (Lipinski definition) is 6. The number of anilines is 1. The Kier molecular flexibility index (Phi) is 3.50. The van der Waals surface area contributed by atoms with Crippen LogP contribution in [-0.2, 0) is 6.54 Å². The number of hydrogen-bond donors (Lipinski definition) is 1. The molecule has 18 heavy (non-hydrogen) atoms. The van der Waals surface area contributed by atoms with Crippen LogP contribution >= 0.6 is 11.3 Å². The summed E-state index contributed by atoms with van der Waals surface area (Å²) in [5.74, 6) is 0. The fourth-order valence-corrected chi connectivity index (χ4v) is 3.77. The maximum absolute atomic E-state index is 5.64. The topological polar surface area (TPSA) is 58.3 Å². The van der Waals surface area contributed by atoms with Gasteiger partial charge in [-0.1, -0.05) is 17.8 Å². The maximum atomic E-state index is 5.64. The first-order valence-corrected chi connectivity index (χ1v) is 7.60. The molecule has 3 rings (SSSR count). The Morgan fingerprint density at radius 2 is 2.22 bits per heavy atom. The minimum Gasteiger partial charge on any atom is -0.374 e. The van der Waals surface area contributed by atoms with Crippen molar-refractivity contribution in [2.75, 3.05) is 25.4 Å². The van der Waals surface area contributed by atoms with Gasteiger partial charge in [-0.15, -0.1) is 10.2 Å². The van der Waals surface area contributed by atoms with Gasteiger partial charge in [-0.05, 0) is 26.3 Å². The van der Waals surface area contributed by atoms with Crippen LogP contribution in [0.4, 0.5) is 5.13 Å². The Labute approximate surface area is 112 Å². The van der Waals surface area contributed by atoms with Crippen molar-refractivity contribution in [2.45, 2.75) is 44.8 Å². The van der Waals surface area contributed by atoms with E-state index in [9.17, 15) is 0 Å². The smallest absolute Gasteiger partial charge is 0.203 e. The Bertz CT molecular complexity index is 407. The summed E-state index contributed by atoms with van der Waals surface area (Å²) in [5, 5.41) is 9.66. The Morgan fingerprint density at radius 3 is 3.00 bits per heavy atom. The predicted molar refractivity (Wildman–Crippen MR) is 73.4 cm³/mol. The van der Waals surface area contributed by atoms with Crippen molar-refractivity contribution in [3.8, 4) is 0 Å². The van der Waals surface area contributed by atoms with Crippen LogP contribution in [0.5, 0.6) is 0 Å². The number of nitrogens with two attached hydrogens (primary N) is 1. The Hall–Kier alpha value is -0.720. The van der Waals surface area contributed by atoms with E-state index in [4.69, 9.17) is 5.73 Å². The first kappa shape index (κ1) is 12.3. The lowest BCUT2D eigenvalue weighted by Gasteiger charge is -2.47. The van der Waals surface area contributed by atoms with Crippen molar-refractivity contribution in [2.24, 2.45) is 0 Å². The van der Waals surface area contributed by atoms with Crippen LogP contribution in [0.2, 0.25) is 0 Å². The largest absolute Gasteiger partial charge is 0.374 e. The van der Waals surface area contributed by atoms with Crippen LogP contribution in [0.3, 0.4) is 0 Å². The van der Waals surface area contributed by atoms with Gasteiger partial charge in [0, 0.05) is 25.2 Å². The van der Waals surface area contributed by atoms with Gasteiger partial charge in [-0.25, -0.2) is 0 Å². The van der Waals surface area contributed by atoms with Crippen molar-refractivity contribution in [3.63, 3.8) is 0 Å². The van der Waals surface area contributed by atoms with Gasteiger partial charge < -0.3 is 5.73 Å². The summed E-state index contributed by atoms with van der Waals surface area (Å²) < 4.78 is 0. The third-order valence-corrected chi connectivity index (χ3v) is 4.87. The molecule has 2 atom stereocenters. The number of piperidine rings is 1. The van der Waals surface area contributed by atoms with Gasteiger partial charge in [-0.2, -0.15) is 0 Å². The Balaban J connectivity index is 1.65. The summed E-state index contributed by atoms with van der Waals surface area (Å²) in [5.41, 5.74) is 5.64. The summed E-state index contributed by atoms with van der Waals surface area (Å²) in [4.78, 5) is 5.20. The van der Waals surface area contributed by atoms with Gasteiger partial charge in [0.25, 0.3) is 0 Å². The second kappa shape index (κ2) is 5.11. The molecule has 0 bridgehead atoms. The van der Waals surface area contributed by atoms with Crippen LogP contribution in [0.1, 0.15) is 31.2 Å². The van der Waals surface area contributed by atoms with Crippen molar-refractivity contribution >= 4 is 16.5 Å². The van der Waals surface area contributed by atoms with Crippen LogP contribution < -0.4 is 5.73 Å². The van der Waals surface area contributed by atoms with E-state index in [1.165, 1.54) is 50.2 Å². The molecule has 0 aromatic carbocycles. The third kappa shape index (κ3) is 2.50. The molecule has 2 saturated heterocycles. The molecular weight excluding hydrogens is 246 g/mol. The molecule has 1 aromatic heterocycles. The van der Waals surface area contributed by atoms with Gasteiger partial charge in [-0.3, -0.25) is 9.80 Å². The van der Waals surface area contributed by atoms with Crippen molar-refractivity contribution < 1.29 is 0 Å². The lowest BCUT2D eigenvalue weighted by atomic mass is 9.97. The fourth-order valence-electron chi connectivity index (χ4n) is 3.14. The second-order valence-corrected chi connectivity index (χ2v) is 6.55. The highest BCUT2D eigenvalue weighted by Gasteiger charge is 2.33. The van der Waals surface area contributed by atoms with Crippen LogP contribution in [0, 0.1) is 0 Å². The lowest BCUT2D eigenvalue weighted by Crippen LogP contribution is -2.58. The maximum Gasteiger partial charge on any atom is 0.203 e. The van der Waals surface area contributed by atoms with Crippen molar-refractivity contribution in [1.29, 1.82) is 0 Å². The number of fused-ring (bicyclic) bond motifs is 1. The molecule has 2 fully saturated rings. The van der Waals surface area contributed by atoms with E-state index in [1.807, 2.05) is 0 Å². The number of nitrogen functional groups attached to an aromatic ring is 1. The highest BCUT2D eigenvalue weighted by molar-refractivity contribution is 7.15. The van der Waals surface area contributed by atoms with Gasteiger partial charge in [0.15, 0.2) is 0 Å². The number of rotatable bonds is 2. The summed E-state index contributed by atoms with van der Waals surface area (Å²) in [6, 6.07) is 1.35. The van der Waals surface area contributed by atoms with Gasteiger partial charge in [0.1, 0.15) is 5.01 Å². The van der Waals surface area contributed by atoms with Crippen LogP contribution in [0.15, 0.2) is 0 Å². The molecule has 2 N–H and O–H groups in total. The number of nitrogens with zero attached hydrogens (tertiary/aromatic N) is 4. The minimum absolute atomic E-state index is 0.578. The second-order valence-electron chi connectivity index (χ2n) is 5.46. The summed E-state index contributed by atoms with van der Waals surface area (Å²) in [6.07, 6.45) is 4.10. The van der Waals surface area contributed by atoms with Crippen LogP contribution in [-0.4, -0.2) is 51.7 Å². The zero-order chi connectivity index (χ0) is 12.5.